The van der Waals surface area contributed by atoms with Crippen molar-refractivity contribution in [1.29, 1.82) is 0 Å². The van der Waals surface area contributed by atoms with Crippen LogP contribution in [0, 0.1) is 0 Å². The van der Waals surface area contributed by atoms with Crippen LogP contribution >= 0.6 is 11.3 Å². The molecule has 0 radical (unpaired) electrons. The molecule has 0 bridgehead atoms. The molecule has 10 aromatic rings. The van der Waals surface area contributed by atoms with Gasteiger partial charge in [0.25, 0.3) is 0 Å². The second-order valence-corrected chi connectivity index (χ2v) is 14.7. The Morgan fingerprint density at radius 2 is 0.582 bits per heavy atom. The summed E-state index contributed by atoms with van der Waals surface area (Å²) in [5.74, 6) is 1.91. The van der Waals surface area contributed by atoms with Crippen molar-refractivity contribution in [3.05, 3.63) is 200 Å². The van der Waals surface area contributed by atoms with Crippen LogP contribution in [0.4, 0.5) is 0 Å². The third-order valence-electron chi connectivity index (χ3n) is 10.2. The Hall–Kier alpha value is -7.01. The minimum Gasteiger partial charge on any atom is -0.208 e. The monoisotopic (exact) mass is 719 g/mol. The van der Waals surface area contributed by atoms with Gasteiger partial charge in [-0.1, -0.05) is 182 Å². The van der Waals surface area contributed by atoms with E-state index in [9.17, 15) is 0 Å². The zero-order valence-corrected chi connectivity index (χ0v) is 30.6. The molecule has 258 valence electrons. The van der Waals surface area contributed by atoms with Crippen molar-refractivity contribution in [3.8, 4) is 78.7 Å². The van der Waals surface area contributed by atoms with E-state index in [1.54, 1.807) is 0 Å². The molecule has 0 aliphatic heterocycles. The first-order valence-electron chi connectivity index (χ1n) is 18.4. The van der Waals surface area contributed by atoms with Crippen LogP contribution in [0.15, 0.2) is 200 Å². The fraction of sp³-hybridized carbons (Fsp3) is 0. The number of nitrogens with zero attached hydrogens (tertiary/aromatic N) is 3. The Morgan fingerprint density at radius 3 is 1.11 bits per heavy atom. The average molecular weight is 720 g/mol. The van der Waals surface area contributed by atoms with Crippen LogP contribution < -0.4 is 0 Å². The first kappa shape index (κ1) is 32.6. The topological polar surface area (TPSA) is 38.7 Å². The fourth-order valence-electron chi connectivity index (χ4n) is 7.24. The lowest BCUT2D eigenvalue weighted by Crippen LogP contribution is -2.00. The van der Waals surface area contributed by atoms with Crippen molar-refractivity contribution in [2.24, 2.45) is 0 Å². The molecule has 3 nitrogen and oxygen atoms in total. The first-order chi connectivity index (χ1) is 27.2. The molecule has 0 atom stereocenters. The predicted octanol–water partition coefficient (Wildman–Crippen LogP) is 13.9. The molecule has 0 saturated heterocycles. The molecule has 0 saturated carbocycles. The molecular weight excluding hydrogens is 687 g/mol. The van der Waals surface area contributed by atoms with Crippen LogP contribution in [0.3, 0.4) is 0 Å². The van der Waals surface area contributed by atoms with E-state index in [2.05, 4.69) is 188 Å². The summed E-state index contributed by atoms with van der Waals surface area (Å²) < 4.78 is 2.61. The Labute approximate surface area is 323 Å². The Bertz CT molecular complexity index is 2930. The van der Waals surface area contributed by atoms with Crippen LogP contribution in [0.1, 0.15) is 0 Å². The van der Waals surface area contributed by atoms with E-state index in [-0.39, 0.29) is 0 Å². The Balaban J connectivity index is 1.01. The largest absolute Gasteiger partial charge is 0.208 e. The number of hydrogen-bond acceptors (Lipinski definition) is 4. The molecular formula is C51H33N3S. The highest BCUT2D eigenvalue weighted by Crippen LogP contribution is 2.37. The lowest BCUT2D eigenvalue weighted by atomic mass is 9.98. The van der Waals surface area contributed by atoms with Crippen molar-refractivity contribution < 1.29 is 0 Å². The maximum absolute atomic E-state index is 5.07. The van der Waals surface area contributed by atoms with Gasteiger partial charge in [-0.25, -0.2) is 15.0 Å². The Morgan fingerprint density at radius 1 is 0.236 bits per heavy atom. The number of benzene rings is 8. The second-order valence-electron chi connectivity index (χ2n) is 13.7. The van der Waals surface area contributed by atoms with Gasteiger partial charge < -0.3 is 0 Å². The van der Waals surface area contributed by atoms with Gasteiger partial charge in [0.2, 0.25) is 0 Å². The highest BCUT2D eigenvalue weighted by molar-refractivity contribution is 7.25. The van der Waals surface area contributed by atoms with Crippen molar-refractivity contribution in [2.45, 2.75) is 0 Å². The normalized spacial score (nSPS) is 11.3. The predicted molar refractivity (Wildman–Crippen MR) is 231 cm³/mol. The summed E-state index contributed by atoms with van der Waals surface area (Å²) >= 11 is 1.84. The molecule has 0 unspecified atom stereocenters. The maximum atomic E-state index is 5.07. The molecule has 10 rings (SSSR count). The van der Waals surface area contributed by atoms with Gasteiger partial charge in [0.1, 0.15) is 0 Å². The summed E-state index contributed by atoms with van der Waals surface area (Å²) in [6.45, 7) is 0. The molecule has 0 aliphatic rings. The highest BCUT2D eigenvalue weighted by Gasteiger charge is 2.14. The third-order valence-corrected chi connectivity index (χ3v) is 11.3. The van der Waals surface area contributed by atoms with Gasteiger partial charge in [0.15, 0.2) is 17.5 Å². The molecule has 0 spiro atoms. The van der Waals surface area contributed by atoms with Crippen LogP contribution in [0.25, 0.3) is 98.8 Å². The summed E-state index contributed by atoms with van der Waals surface area (Å²) in [5, 5.41) is 2.62. The number of thiophene rings is 1. The van der Waals surface area contributed by atoms with Crippen molar-refractivity contribution in [1.82, 2.24) is 15.0 Å². The van der Waals surface area contributed by atoms with Crippen molar-refractivity contribution >= 4 is 31.5 Å². The Kier molecular flexibility index (Phi) is 8.36. The van der Waals surface area contributed by atoms with Crippen LogP contribution in [0.5, 0.6) is 0 Å². The van der Waals surface area contributed by atoms with Gasteiger partial charge in [-0.15, -0.1) is 11.3 Å². The standard InChI is InChI=1S/C51H33N3S/c1-3-10-34(11-4-1)36-18-24-39(25-19-36)49-52-50(40-26-20-37(21-27-40)43-15-9-14-42(32-43)35-12-5-2-6-13-35)54-51(53-49)41-28-22-38(23-29-41)44-30-31-46-45-16-7-8-17-47(45)55-48(46)33-44/h1-33H. The van der Waals surface area contributed by atoms with Gasteiger partial charge in [0, 0.05) is 36.9 Å². The molecule has 0 N–H and O–H groups in total. The number of fused-ring (bicyclic) bond motifs is 3. The van der Waals surface area contributed by atoms with Gasteiger partial charge in [-0.3, -0.25) is 0 Å². The zero-order chi connectivity index (χ0) is 36.6. The van der Waals surface area contributed by atoms with Crippen molar-refractivity contribution in [3.63, 3.8) is 0 Å². The SMILES string of the molecule is c1ccc(-c2ccc(-c3nc(-c4ccc(-c5cccc(-c6ccccc6)c5)cc4)nc(-c4ccc(-c5ccc6c(c5)sc5ccccc56)cc4)n3)cc2)cc1. The van der Waals surface area contributed by atoms with Gasteiger partial charge in [0.05, 0.1) is 0 Å². The summed E-state index contributed by atoms with van der Waals surface area (Å²) in [4.78, 5) is 15.2. The van der Waals surface area contributed by atoms with E-state index >= 15 is 0 Å². The van der Waals surface area contributed by atoms with Gasteiger partial charge in [-0.05, 0) is 62.7 Å². The van der Waals surface area contributed by atoms with Gasteiger partial charge >= 0.3 is 0 Å². The van der Waals surface area contributed by atoms with Crippen LogP contribution in [-0.2, 0) is 0 Å². The summed E-state index contributed by atoms with van der Waals surface area (Å²) in [6, 6.07) is 70.5. The quantitative estimate of drug-likeness (QED) is 0.165. The maximum Gasteiger partial charge on any atom is 0.164 e. The average Bonchev–Trinajstić information content (AvgIpc) is 3.65. The van der Waals surface area contributed by atoms with Crippen molar-refractivity contribution in [2.75, 3.05) is 0 Å². The second kappa shape index (κ2) is 14.1. The highest BCUT2D eigenvalue weighted by atomic mass is 32.1. The molecule has 8 aromatic carbocycles. The van der Waals surface area contributed by atoms with E-state index in [1.165, 1.54) is 42.4 Å². The number of aromatic nitrogens is 3. The minimum absolute atomic E-state index is 0.635. The number of hydrogen-bond donors (Lipinski definition) is 0. The van der Waals surface area contributed by atoms with Crippen LogP contribution in [-0.4, -0.2) is 15.0 Å². The summed E-state index contributed by atoms with van der Waals surface area (Å²) in [6.07, 6.45) is 0. The number of rotatable bonds is 7. The molecule has 55 heavy (non-hydrogen) atoms. The minimum atomic E-state index is 0.635. The third kappa shape index (κ3) is 6.50. The molecule has 0 amide bonds. The van der Waals surface area contributed by atoms with Crippen LogP contribution in [0.2, 0.25) is 0 Å². The smallest absolute Gasteiger partial charge is 0.164 e. The van der Waals surface area contributed by atoms with E-state index in [4.69, 9.17) is 15.0 Å². The lowest BCUT2D eigenvalue weighted by Gasteiger charge is -2.11. The van der Waals surface area contributed by atoms with E-state index < -0.39 is 0 Å². The van der Waals surface area contributed by atoms with E-state index in [0.717, 1.165) is 38.9 Å². The van der Waals surface area contributed by atoms with E-state index in [1.807, 2.05) is 23.5 Å². The molecule has 2 aromatic heterocycles. The molecule has 0 aliphatic carbocycles. The molecule has 4 heteroatoms. The fourth-order valence-corrected chi connectivity index (χ4v) is 8.39. The molecule has 2 heterocycles. The summed E-state index contributed by atoms with van der Waals surface area (Å²) in [5.41, 5.74) is 12.2. The van der Waals surface area contributed by atoms with Gasteiger partial charge in [-0.2, -0.15) is 0 Å². The summed E-state index contributed by atoms with van der Waals surface area (Å²) in [7, 11) is 0. The molecule has 0 fully saturated rings. The zero-order valence-electron chi connectivity index (χ0n) is 29.8. The lowest BCUT2D eigenvalue weighted by molar-refractivity contribution is 1.07. The first-order valence-corrected chi connectivity index (χ1v) is 19.2. The van der Waals surface area contributed by atoms with E-state index in [0.29, 0.717) is 17.5 Å².